The molecule has 0 unspecified atom stereocenters. The number of rotatable bonds is 3. The van der Waals surface area contributed by atoms with Crippen LogP contribution in [0.5, 0.6) is 0 Å². The van der Waals surface area contributed by atoms with Crippen molar-refractivity contribution >= 4 is 40.0 Å². The monoisotopic (exact) mass is 489 g/mol. The van der Waals surface area contributed by atoms with Crippen molar-refractivity contribution in [2.24, 2.45) is 0 Å². The maximum absolute atomic E-state index is 12.9. The quantitative estimate of drug-likeness (QED) is 0.435. The van der Waals surface area contributed by atoms with Crippen LogP contribution in [0, 0.1) is 27.7 Å². The molecule has 5 rings (SSSR count). The summed E-state index contributed by atoms with van der Waals surface area (Å²) in [7, 11) is 0. The lowest BCUT2D eigenvalue weighted by Crippen LogP contribution is -2.50. The van der Waals surface area contributed by atoms with Crippen molar-refractivity contribution in [1.29, 1.82) is 0 Å². The number of fused-ring (bicyclic) bond motifs is 1. The highest BCUT2D eigenvalue weighted by Gasteiger charge is 2.26. The third-order valence-electron chi connectivity index (χ3n) is 6.77. The smallest absolute Gasteiger partial charge is 0.321 e. The van der Waals surface area contributed by atoms with E-state index in [0.717, 1.165) is 50.6 Å². The Kier molecular flexibility index (Phi) is 6.06. The lowest BCUT2D eigenvalue weighted by Gasteiger charge is -2.35. The molecule has 0 bridgehead atoms. The predicted octanol–water partition coefficient (Wildman–Crippen LogP) is 5.06. The zero-order chi connectivity index (χ0) is 24.7. The zero-order valence-electron chi connectivity index (χ0n) is 20.3. The number of carbonyl (C=O) groups excluding carboxylic acids is 1. The lowest BCUT2D eigenvalue weighted by atomic mass is 10.1. The molecule has 8 nitrogen and oxygen atoms in total. The first kappa shape index (κ1) is 23.1. The Bertz CT molecular complexity index is 1410. The number of benzene rings is 2. The van der Waals surface area contributed by atoms with Gasteiger partial charge in [0.15, 0.2) is 5.82 Å². The Labute approximate surface area is 209 Å². The Morgan fingerprint density at radius 1 is 0.943 bits per heavy atom. The van der Waals surface area contributed by atoms with Crippen molar-refractivity contribution in [1.82, 2.24) is 24.9 Å². The van der Waals surface area contributed by atoms with E-state index in [9.17, 15) is 4.79 Å². The average Bonchev–Trinajstić information content (AvgIpc) is 3.21. The van der Waals surface area contributed by atoms with Gasteiger partial charge in [-0.1, -0.05) is 23.7 Å². The van der Waals surface area contributed by atoms with Gasteiger partial charge in [-0.25, -0.2) is 9.48 Å². The van der Waals surface area contributed by atoms with E-state index in [2.05, 4.69) is 20.4 Å². The van der Waals surface area contributed by atoms with Crippen LogP contribution in [-0.2, 0) is 0 Å². The summed E-state index contributed by atoms with van der Waals surface area (Å²) in [5, 5.41) is 18.6. The number of nitrogens with one attached hydrogen (secondary N) is 1. The first-order valence-electron chi connectivity index (χ1n) is 11.7. The molecule has 9 heteroatoms. The Hall–Kier alpha value is -3.65. The number of nitrogens with zero attached hydrogens (tertiary/aromatic N) is 6. The molecule has 1 fully saturated rings. The van der Waals surface area contributed by atoms with Gasteiger partial charge in [0.25, 0.3) is 0 Å². The summed E-state index contributed by atoms with van der Waals surface area (Å²) < 4.78 is 1.91. The highest BCUT2D eigenvalue weighted by molar-refractivity contribution is 6.30. The van der Waals surface area contributed by atoms with Crippen LogP contribution in [0.15, 0.2) is 42.5 Å². The molecule has 0 aliphatic carbocycles. The number of aryl methyl sites for hydroxylation is 3. The minimum atomic E-state index is -0.0821. The fourth-order valence-electron chi connectivity index (χ4n) is 4.56. The van der Waals surface area contributed by atoms with Crippen molar-refractivity contribution in [3.8, 4) is 5.69 Å². The minimum absolute atomic E-state index is 0.0821. The molecule has 1 saturated heterocycles. The molecular weight excluding hydrogens is 462 g/mol. The minimum Gasteiger partial charge on any atom is -0.350 e. The molecule has 3 heterocycles. The van der Waals surface area contributed by atoms with Gasteiger partial charge < -0.3 is 15.1 Å². The van der Waals surface area contributed by atoms with Crippen molar-refractivity contribution < 1.29 is 4.79 Å². The molecule has 4 aromatic rings. The predicted molar refractivity (Wildman–Crippen MR) is 140 cm³/mol. The number of halogens is 1. The molecule has 180 valence electrons. The molecule has 1 aliphatic heterocycles. The molecule has 0 radical (unpaired) electrons. The van der Waals surface area contributed by atoms with Crippen LogP contribution in [0.4, 0.5) is 16.3 Å². The molecule has 1 N–H and O–H groups in total. The Morgan fingerprint density at radius 2 is 1.66 bits per heavy atom. The number of carbonyl (C=O) groups is 1. The van der Waals surface area contributed by atoms with E-state index in [-0.39, 0.29) is 6.03 Å². The van der Waals surface area contributed by atoms with Crippen molar-refractivity contribution in [2.45, 2.75) is 27.7 Å². The number of hydrogen-bond acceptors (Lipinski definition) is 5. The largest absolute Gasteiger partial charge is 0.350 e. The van der Waals surface area contributed by atoms with Crippen LogP contribution >= 0.6 is 11.6 Å². The molecule has 35 heavy (non-hydrogen) atoms. The van der Waals surface area contributed by atoms with Crippen molar-refractivity contribution in [2.75, 3.05) is 36.4 Å². The Balaban J connectivity index is 1.37. The summed E-state index contributed by atoms with van der Waals surface area (Å²) in [6.07, 6.45) is 0. The summed E-state index contributed by atoms with van der Waals surface area (Å²) in [4.78, 5) is 16.9. The van der Waals surface area contributed by atoms with Crippen LogP contribution in [0.3, 0.4) is 0 Å². The van der Waals surface area contributed by atoms with Crippen molar-refractivity contribution in [3.05, 3.63) is 70.0 Å². The second-order valence-corrected chi connectivity index (χ2v) is 9.39. The van der Waals surface area contributed by atoms with Gasteiger partial charge in [-0.2, -0.15) is 10.2 Å². The zero-order valence-corrected chi connectivity index (χ0v) is 21.1. The van der Waals surface area contributed by atoms with Gasteiger partial charge in [0.1, 0.15) is 5.52 Å². The summed E-state index contributed by atoms with van der Waals surface area (Å²) in [6, 6.07) is 13.5. The number of anilines is 2. The number of aromatic nitrogens is 4. The molecule has 0 spiro atoms. The summed E-state index contributed by atoms with van der Waals surface area (Å²) >= 11 is 6.07. The molecule has 0 atom stereocenters. The van der Waals surface area contributed by atoms with Crippen LogP contribution in [0.1, 0.15) is 22.5 Å². The van der Waals surface area contributed by atoms with E-state index in [0.29, 0.717) is 31.2 Å². The third-order valence-corrected chi connectivity index (χ3v) is 7.02. The second-order valence-electron chi connectivity index (χ2n) is 8.96. The fourth-order valence-corrected chi connectivity index (χ4v) is 4.69. The third kappa shape index (κ3) is 4.30. The highest BCUT2D eigenvalue weighted by Crippen LogP contribution is 2.30. The van der Waals surface area contributed by atoms with Gasteiger partial charge in [0.05, 0.1) is 22.5 Å². The maximum atomic E-state index is 12.9. The molecule has 2 aromatic heterocycles. The van der Waals surface area contributed by atoms with Gasteiger partial charge in [-0.05, 0) is 69.2 Å². The molecule has 2 aromatic carbocycles. The SMILES string of the molecule is Cc1cccc(NC(=O)N2CCN(c3nnc(C)c4c(C)n(-c5ccc(Cl)cc5)nc34)CC2)c1C. The van der Waals surface area contributed by atoms with Crippen LogP contribution in [0.2, 0.25) is 5.02 Å². The summed E-state index contributed by atoms with van der Waals surface area (Å²) in [6.45, 7) is 10.5. The highest BCUT2D eigenvalue weighted by atomic mass is 35.5. The topological polar surface area (TPSA) is 79.2 Å². The lowest BCUT2D eigenvalue weighted by molar-refractivity contribution is 0.208. The maximum Gasteiger partial charge on any atom is 0.321 e. The average molecular weight is 490 g/mol. The van der Waals surface area contributed by atoms with Gasteiger partial charge in [0.2, 0.25) is 0 Å². The fraction of sp³-hybridized carbons (Fsp3) is 0.308. The first-order valence-corrected chi connectivity index (χ1v) is 12.1. The van der Waals surface area contributed by atoms with Gasteiger partial charge >= 0.3 is 6.03 Å². The summed E-state index contributed by atoms with van der Waals surface area (Å²) in [5.74, 6) is 0.746. The van der Waals surface area contributed by atoms with E-state index in [4.69, 9.17) is 16.7 Å². The van der Waals surface area contributed by atoms with Gasteiger partial charge in [-0.3, -0.25) is 0 Å². The molecule has 1 aliphatic rings. The van der Waals surface area contributed by atoms with Crippen LogP contribution < -0.4 is 10.2 Å². The number of urea groups is 1. The number of amides is 2. The normalized spacial score (nSPS) is 14.0. The number of piperazine rings is 1. The van der Waals surface area contributed by atoms with Crippen LogP contribution in [-0.4, -0.2) is 57.1 Å². The molecule has 2 amide bonds. The molecule has 0 saturated carbocycles. The number of hydrogen-bond donors (Lipinski definition) is 1. The van der Waals surface area contributed by atoms with E-state index in [1.165, 1.54) is 0 Å². The van der Waals surface area contributed by atoms with E-state index in [1.54, 1.807) is 0 Å². The van der Waals surface area contributed by atoms with E-state index < -0.39 is 0 Å². The van der Waals surface area contributed by atoms with Crippen molar-refractivity contribution in [3.63, 3.8) is 0 Å². The standard InChI is InChI=1S/C26H28ClN7O/c1-16-6-5-7-22(17(16)2)28-26(35)33-14-12-32(13-15-33)25-24-23(18(3)29-30-25)19(4)34(31-24)21-10-8-20(27)9-11-21/h5-11H,12-15H2,1-4H3,(H,28,35). The second kappa shape index (κ2) is 9.19. The first-order chi connectivity index (χ1) is 16.8. The van der Waals surface area contributed by atoms with Gasteiger partial charge in [-0.15, -0.1) is 5.10 Å². The van der Waals surface area contributed by atoms with E-state index in [1.807, 2.05) is 79.7 Å². The Morgan fingerprint density at radius 3 is 2.37 bits per heavy atom. The summed E-state index contributed by atoms with van der Waals surface area (Å²) in [5.41, 5.74) is 6.69. The van der Waals surface area contributed by atoms with Gasteiger partial charge in [0, 0.05) is 36.9 Å². The molecular formula is C26H28ClN7O. The van der Waals surface area contributed by atoms with Crippen LogP contribution in [0.25, 0.3) is 16.6 Å². The van der Waals surface area contributed by atoms with E-state index >= 15 is 0 Å².